The summed E-state index contributed by atoms with van der Waals surface area (Å²) in [6.07, 6.45) is 0.627. The van der Waals surface area contributed by atoms with E-state index >= 15 is 0 Å². The van der Waals surface area contributed by atoms with Gasteiger partial charge in [0, 0.05) is 12.0 Å². The summed E-state index contributed by atoms with van der Waals surface area (Å²) in [7, 11) is -3.53. The van der Waals surface area contributed by atoms with E-state index in [2.05, 4.69) is 4.72 Å². The number of benzene rings is 2. The van der Waals surface area contributed by atoms with Crippen molar-refractivity contribution in [3.8, 4) is 5.75 Å². The number of ether oxygens (including phenoxy) is 1. The molecule has 1 aliphatic heterocycles. The summed E-state index contributed by atoms with van der Waals surface area (Å²) in [5.41, 5.74) is 1.81. The second kappa shape index (κ2) is 5.50. The molecule has 0 fully saturated rings. The van der Waals surface area contributed by atoms with Gasteiger partial charge in [0.2, 0.25) is 10.0 Å². The Morgan fingerprint density at radius 3 is 2.76 bits per heavy atom. The van der Waals surface area contributed by atoms with Crippen molar-refractivity contribution in [3.05, 3.63) is 59.7 Å². The molecule has 1 aliphatic rings. The van der Waals surface area contributed by atoms with Crippen LogP contribution >= 0.6 is 0 Å². The van der Waals surface area contributed by atoms with Gasteiger partial charge >= 0.3 is 0 Å². The van der Waals surface area contributed by atoms with Gasteiger partial charge in [-0.2, -0.15) is 0 Å². The molecule has 2 aromatic carbocycles. The normalized spacial score (nSPS) is 17.9. The highest BCUT2D eigenvalue weighted by Crippen LogP contribution is 2.32. The largest absolute Gasteiger partial charge is 0.493 e. The molecule has 0 bridgehead atoms. The molecule has 4 nitrogen and oxygen atoms in total. The molecule has 1 heterocycles. The van der Waals surface area contributed by atoms with Gasteiger partial charge in [0.25, 0.3) is 0 Å². The first kappa shape index (κ1) is 14.1. The smallest absolute Gasteiger partial charge is 0.241 e. The molecule has 0 radical (unpaired) electrons. The van der Waals surface area contributed by atoms with Crippen LogP contribution in [0.5, 0.6) is 5.75 Å². The molecule has 0 aliphatic carbocycles. The Hall–Kier alpha value is -1.85. The average Bonchev–Trinajstić information content (AvgIpc) is 2.47. The van der Waals surface area contributed by atoms with Crippen molar-refractivity contribution in [3.63, 3.8) is 0 Å². The monoisotopic (exact) mass is 303 g/mol. The van der Waals surface area contributed by atoms with E-state index in [0.717, 1.165) is 16.9 Å². The van der Waals surface area contributed by atoms with Crippen LogP contribution in [0.3, 0.4) is 0 Å². The number of aryl methyl sites for hydroxylation is 1. The zero-order valence-electron chi connectivity index (χ0n) is 11.7. The lowest BCUT2D eigenvalue weighted by Crippen LogP contribution is -2.32. The standard InChI is InChI=1S/C16H17NO3S/c1-12-5-4-6-13(11-12)21(18,19)17-15-9-10-20-16-8-3-2-7-14(15)16/h2-8,11,15,17H,9-10H2,1H3. The number of rotatable bonds is 3. The number of hydrogen-bond donors (Lipinski definition) is 1. The minimum Gasteiger partial charge on any atom is -0.493 e. The van der Waals surface area contributed by atoms with Gasteiger partial charge in [-0.3, -0.25) is 0 Å². The predicted molar refractivity (Wildman–Crippen MR) is 80.8 cm³/mol. The third-order valence-corrected chi connectivity index (χ3v) is 5.03. The number of fused-ring (bicyclic) bond motifs is 1. The quantitative estimate of drug-likeness (QED) is 0.948. The Bertz CT molecular complexity index is 756. The third-order valence-electron chi connectivity index (χ3n) is 3.56. The summed E-state index contributed by atoms with van der Waals surface area (Å²) in [5, 5.41) is 0. The SMILES string of the molecule is Cc1cccc(S(=O)(=O)NC2CCOc3ccccc32)c1. The van der Waals surface area contributed by atoms with Crippen molar-refractivity contribution in [2.24, 2.45) is 0 Å². The first-order chi connectivity index (χ1) is 10.1. The fourth-order valence-electron chi connectivity index (χ4n) is 2.50. The van der Waals surface area contributed by atoms with E-state index in [1.165, 1.54) is 0 Å². The Morgan fingerprint density at radius 2 is 1.95 bits per heavy atom. The number of para-hydroxylation sites is 1. The second-order valence-corrected chi connectivity index (χ2v) is 6.88. The summed E-state index contributed by atoms with van der Waals surface area (Å²) in [6, 6.07) is 14.2. The van der Waals surface area contributed by atoms with Gasteiger partial charge < -0.3 is 4.74 Å². The van der Waals surface area contributed by atoms with Crippen molar-refractivity contribution in [2.75, 3.05) is 6.61 Å². The molecule has 1 unspecified atom stereocenters. The molecule has 2 aromatic rings. The molecule has 1 atom stereocenters. The Labute approximate surface area is 124 Å². The number of nitrogens with one attached hydrogen (secondary N) is 1. The first-order valence-corrected chi connectivity index (χ1v) is 8.35. The van der Waals surface area contributed by atoms with Gasteiger partial charge in [-0.1, -0.05) is 30.3 Å². The molecule has 110 valence electrons. The molecule has 0 saturated carbocycles. The van der Waals surface area contributed by atoms with Crippen LogP contribution in [-0.2, 0) is 10.0 Å². The Kier molecular flexibility index (Phi) is 3.69. The second-order valence-electron chi connectivity index (χ2n) is 5.17. The van der Waals surface area contributed by atoms with Crippen LogP contribution in [0.1, 0.15) is 23.6 Å². The molecule has 3 rings (SSSR count). The summed E-state index contributed by atoms with van der Waals surface area (Å²) in [5.74, 6) is 0.751. The zero-order valence-corrected chi connectivity index (χ0v) is 12.6. The molecule has 21 heavy (non-hydrogen) atoms. The average molecular weight is 303 g/mol. The van der Waals surface area contributed by atoms with Crippen molar-refractivity contribution in [1.82, 2.24) is 4.72 Å². The van der Waals surface area contributed by atoms with Crippen LogP contribution in [0.25, 0.3) is 0 Å². The van der Waals surface area contributed by atoms with Crippen LogP contribution in [0.4, 0.5) is 0 Å². The van der Waals surface area contributed by atoms with Crippen LogP contribution in [0.15, 0.2) is 53.4 Å². The maximum absolute atomic E-state index is 12.5. The summed E-state index contributed by atoms with van der Waals surface area (Å²) >= 11 is 0. The van der Waals surface area contributed by atoms with Gasteiger partial charge in [-0.15, -0.1) is 0 Å². The van der Waals surface area contributed by atoms with Crippen LogP contribution < -0.4 is 9.46 Å². The van der Waals surface area contributed by atoms with Crippen LogP contribution in [-0.4, -0.2) is 15.0 Å². The van der Waals surface area contributed by atoms with Crippen LogP contribution in [0, 0.1) is 6.92 Å². The summed E-state index contributed by atoms with van der Waals surface area (Å²) in [6.45, 7) is 2.39. The lowest BCUT2D eigenvalue weighted by atomic mass is 10.0. The minimum absolute atomic E-state index is 0.250. The first-order valence-electron chi connectivity index (χ1n) is 6.87. The molecular weight excluding hydrogens is 286 g/mol. The molecule has 0 aromatic heterocycles. The van der Waals surface area contributed by atoms with E-state index in [4.69, 9.17) is 4.74 Å². The molecule has 0 saturated heterocycles. The van der Waals surface area contributed by atoms with Crippen molar-refractivity contribution in [2.45, 2.75) is 24.3 Å². The highest BCUT2D eigenvalue weighted by Gasteiger charge is 2.26. The fourth-order valence-corrected chi connectivity index (χ4v) is 3.86. The van der Waals surface area contributed by atoms with Crippen molar-refractivity contribution < 1.29 is 13.2 Å². The lowest BCUT2D eigenvalue weighted by Gasteiger charge is -2.26. The molecule has 5 heteroatoms. The van der Waals surface area contributed by atoms with Crippen LogP contribution in [0.2, 0.25) is 0 Å². The predicted octanol–water partition coefficient (Wildman–Crippen LogP) is 2.80. The number of sulfonamides is 1. The topological polar surface area (TPSA) is 55.4 Å². The van der Waals surface area contributed by atoms with Gasteiger partial charge in [-0.05, 0) is 30.7 Å². The van der Waals surface area contributed by atoms with Gasteiger partial charge in [0.15, 0.2) is 0 Å². The van der Waals surface area contributed by atoms with E-state index in [1.807, 2.05) is 37.3 Å². The molecule has 0 spiro atoms. The van der Waals surface area contributed by atoms with Gasteiger partial charge in [0.05, 0.1) is 17.5 Å². The molecule has 1 N–H and O–H groups in total. The van der Waals surface area contributed by atoms with Crippen molar-refractivity contribution >= 4 is 10.0 Å². The van der Waals surface area contributed by atoms with Gasteiger partial charge in [0.1, 0.15) is 5.75 Å². The third kappa shape index (κ3) is 2.94. The maximum Gasteiger partial charge on any atom is 0.241 e. The van der Waals surface area contributed by atoms with E-state index in [0.29, 0.717) is 17.9 Å². The highest BCUT2D eigenvalue weighted by molar-refractivity contribution is 7.89. The highest BCUT2D eigenvalue weighted by atomic mass is 32.2. The minimum atomic E-state index is -3.53. The van der Waals surface area contributed by atoms with E-state index < -0.39 is 10.0 Å². The maximum atomic E-state index is 12.5. The van der Waals surface area contributed by atoms with Gasteiger partial charge in [-0.25, -0.2) is 13.1 Å². The van der Waals surface area contributed by atoms with E-state index in [-0.39, 0.29) is 6.04 Å². The summed E-state index contributed by atoms with van der Waals surface area (Å²) < 4.78 is 33.4. The Morgan fingerprint density at radius 1 is 1.14 bits per heavy atom. The van der Waals surface area contributed by atoms with Crippen molar-refractivity contribution in [1.29, 1.82) is 0 Å². The molecular formula is C16H17NO3S. The van der Waals surface area contributed by atoms with E-state index in [9.17, 15) is 8.42 Å². The van der Waals surface area contributed by atoms with E-state index in [1.54, 1.807) is 18.2 Å². The number of hydrogen-bond acceptors (Lipinski definition) is 3. The summed E-state index contributed by atoms with van der Waals surface area (Å²) in [4.78, 5) is 0.298. The lowest BCUT2D eigenvalue weighted by molar-refractivity contribution is 0.263. The Balaban J connectivity index is 1.90. The zero-order chi connectivity index (χ0) is 14.9. The molecule has 0 amide bonds. The fraction of sp³-hybridized carbons (Fsp3) is 0.250.